The summed E-state index contributed by atoms with van der Waals surface area (Å²) in [5, 5.41) is 3.79. The van der Waals surface area contributed by atoms with Crippen LogP contribution in [-0.4, -0.2) is 19.1 Å². The Morgan fingerprint density at radius 1 is 1.00 bits per heavy atom. The monoisotopic (exact) mass is 337 g/mol. The van der Waals surface area contributed by atoms with Crippen LogP contribution in [0.2, 0.25) is 10.0 Å². The van der Waals surface area contributed by atoms with Gasteiger partial charge in [0.25, 0.3) is 5.91 Å². The van der Waals surface area contributed by atoms with Crippen LogP contribution in [0.25, 0.3) is 0 Å². The fourth-order valence-electron chi connectivity index (χ4n) is 2.12. The van der Waals surface area contributed by atoms with E-state index >= 15 is 0 Å². The maximum atomic E-state index is 12.2. The zero-order valence-electron chi connectivity index (χ0n) is 11.6. The van der Waals surface area contributed by atoms with Crippen molar-refractivity contribution in [2.75, 3.05) is 13.2 Å². The van der Waals surface area contributed by atoms with Gasteiger partial charge in [-0.05, 0) is 35.9 Å². The molecule has 0 aliphatic carbocycles. The second kappa shape index (κ2) is 6.46. The third kappa shape index (κ3) is 3.29. The molecule has 1 aliphatic rings. The van der Waals surface area contributed by atoms with Gasteiger partial charge in [0, 0.05) is 12.1 Å². The summed E-state index contributed by atoms with van der Waals surface area (Å²) in [6, 6.07) is 10.4. The lowest BCUT2D eigenvalue weighted by atomic mass is 10.1. The van der Waals surface area contributed by atoms with Crippen LogP contribution < -0.4 is 14.8 Å². The summed E-state index contributed by atoms with van der Waals surface area (Å²) < 4.78 is 10.9. The van der Waals surface area contributed by atoms with Gasteiger partial charge < -0.3 is 14.8 Å². The van der Waals surface area contributed by atoms with E-state index in [0.717, 1.165) is 5.56 Å². The van der Waals surface area contributed by atoms with Crippen molar-refractivity contribution in [3.8, 4) is 11.5 Å². The molecule has 4 nitrogen and oxygen atoms in total. The molecule has 1 aliphatic heterocycles. The van der Waals surface area contributed by atoms with Crippen LogP contribution >= 0.6 is 23.2 Å². The summed E-state index contributed by atoms with van der Waals surface area (Å²) >= 11 is 11.8. The Morgan fingerprint density at radius 3 is 2.55 bits per heavy atom. The zero-order chi connectivity index (χ0) is 15.5. The summed E-state index contributed by atoms with van der Waals surface area (Å²) in [6.45, 7) is 1.38. The van der Waals surface area contributed by atoms with Crippen LogP contribution in [0.15, 0.2) is 36.4 Å². The highest BCUT2D eigenvalue weighted by Gasteiger charge is 2.14. The molecule has 0 unspecified atom stereocenters. The van der Waals surface area contributed by atoms with Crippen molar-refractivity contribution in [2.45, 2.75) is 6.54 Å². The van der Waals surface area contributed by atoms with Crippen molar-refractivity contribution in [1.29, 1.82) is 0 Å². The Bertz CT molecular complexity index is 719. The van der Waals surface area contributed by atoms with Gasteiger partial charge in [0.1, 0.15) is 13.2 Å². The normalized spacial score (nSPS) is 12.8. The molecule has 0 spiro atoms. The lowest BCUT2D eigenvalue weighted by molar-refractivity contribution is 0.0949. The van der Waals surface area contributed by atoms with Crippen molar-refractivity contribution in [3.05, 3.63) is 57.6 Å². The third-order valence-corrected chi connectivity index (χ3v) is 3.98. The van der Waals surface area contributed by atoms with Crippen LogP contribution in [0.5, 0.6) is 11.5 Å². The average Bonchev–Trinajstić information content (AvgIpc) is 2.55. The van der Waals surface area contributed by atoms with Gasteiger partial charge in [-0.3, -0.25) is 4.79 Å². The van der Waals surface area contributed by atoms with Gasteiger partial charge in [0.05, 0.1) is 10.0 Å². The van der Waals surface area contributed by atoms with E-state index in [2.05, 4.69) is 5.32 Å². The number of fused-ring (bicyclic) bond motifs is 1. The van der Waals surface area contributed by atoms with E-state index in [0.29, 0.717) is 46.9 Å². The number of halogens is 2. The molecule has 0 saturated carbocycles. The Labute approximate surface area is 137 Å². The molecule has 3 rings (SSSR count). The van der Waals surface area contributed by atoms with E-state index < -0.39 is 0 Å². The molecule has 114 valence electrons. The standard InChI is InChI=1S/C16H13Cl2NO3/c17-12-3-1-10(7-13(12)18)9-19-16(20)11-2-4-14-15(8-11)22-6-5-21-14/h1-4,7-8H,5-6,9H2,(H,19,20). The molecule has 6 heteroatoms. The van der Waals surface area contributed by atoms with Crippen LogP contribution in [0.1, 0.15) is 15.9 Å². The molecular weight excluding hydrogens is 325 g/mol. The Hall–Kier alpha value is -1.91. The first-order chi connectivity index (χ1) is 10.6. The molecule has 1 heterocycles. The summed E-state index contributed by atoms with van der Waals surface area (Å²) in [7, 11) is 0. The van der Waals surface area contributed by atoms with Gasteiger partial charge in [0.15, 0.2) is 11.5 Å². The van der Waals surface area contributed by atoms with Gasteiger partial charge in [-0.2, -0.15) is 0 Å². The number of ether oxygens (including phenoxy) is 2. The Morgan fingerprint density at radius 2 is 1.77 bits per heavy atom. The number of carbonyl (C=O) groups is 1. The molecule has 0 aromatic heterocycles. The molecule has 2 aromatic rings. The van der Waals surface area contributed by atoms with E-state index in [4.69, 9.17) is 32.7 Å². The number of nitrogens with one attached hydrogen (secondary N) is 1. The lowest BCUT2D eigenvalue weighted by Gasteiger charge is -2.18. The van der Waals surface area contributed by atoms with Crippen molar-refractivity contribution in [2.24, 2.45) is 0 Å². The minimum absolute atomic E-state index is 0.192. The molecule has 1 N–H and O–H groups in total. The minimum atomic E-state index is -0.192. The molecule has 0 saturated heterocycles. The third-order valence-electron chi connectivity index (χ3n) is 3.24. The summed E-state index contributed by atoms with van der Waals surface area (Å²) in [4.78, 5) is 12.2. The first-order valence-corrected chi connectivity index (χ1v) is 7.51. The minimum Gasteiger partial charge on any atom is -0.486 e. The summed E-state index contributed by atoms with van der Waals surface area (Å²) in [5.74, 6) is 1.06. The molecule has 0 radical (unpaired) electrons. The smallest absolute Gasteiger partial charge is 0.251 e. The quantitative estimate of drug-likeness (QED) is 0.928. The second-order valence-corrected chi connectivity index (χ2v) is 5.60. The first kappa shape index (κ1) is 15.0. The van der Waals surface area contributed by atoms with Gasteiger partial charge in [-0.25, -0.2) is 0 Å². The number of benzene rings is 2. The zero-order valence-corrected chi connectivity index (χ0v) is 13.1. The maximum Gasteiger partial charge on any atom is 0.251 e. The summed E-state index contributed by atoms with van der Waals surface area (Å²) in [6.07, 6.45) is 0. The molecule has 0 atom stereocenters. The van der Waals surface area contributed by atoms with Crippen LogP contribution in [0.4, 0.5) is 0 Å². The molecule has 0 fully saturated rings. The average molecular weight is 338 g/mol. The lowest BCUT2D eigenvalue weighted by Crippen LogP contribution is -2.23. The number of amides is 1. The molecule has 1 amide bonds. The molecule has 2 aromatic carbocycles. The number of rotatable bonds is 3. The van der Waals surface area contributed by atoms with Crippen molar-refractivity contribution < 1.29 is 14.3 Å². The topological polar surface area (TPSA) is 47.6 Å². The van der Waals surface area contributed by atoms with Gasteiger partial charge in [0.2, 0.25) is 0 Å². The van der Waals surface area contributed by atoms with Crippen LogP contribution in [-0.2, 0) is 6.54 Å². The summed E-state index contributed by atoms with van der Waals surface area (Å²) in [5.41, 5.74) is 1.39. The SMILES string of the molecule is O=C(NCc1ccc(Cl)c(Cl)c1)c1ccc2c(c1)OCCO2. The highest BCUT2D eigenvalue weighted by atomic mass is 35.5. The Balaban J connectivity index is 1.68. The number of carbonyl (C=O) groups excluding carboxylic acids is 1. The molecular formula is C16H13Cl2NO3. The second-order valence-electron chi connectivity index (χ2n) is 4.79. The van der Waals surface area contributed by atoms with Gasteiger partial charge in [-0.15, -0.1) is 0 Å². The number of hydrogen-bond donors (Lipinski definition) is 1. The van der Waals surface area contributed by atoms with Crippen molar-refractivity contribution in [3.63, 3.8) is 0 Å². The highest BCUT2D eigenvalue weighted by molar-refractivity contribution is 6.42. The van der Waals surface area contributed by atoms with Crippen molar-refractivity contribution >= 4 is 29.1 Å². The van der Waals surface area contributed by atoms with Crippen molar-refractivity contribution in [1.82, 2.24) is 5.32 Å². The van der Waals surface area contributed by atoms with E-state index in [-0.39, 0.29) is 5.91 Å². The van der Waals surface area contributed by atoms with Gasteiger partial charge >= 0.3 is 0 Å². The van der Waals surface area contributed by atoms with E-state index in [1.807, 2.05) is 6.07 Å². The fourth-order valence-corrected chi connectivity index (χ4v) is 2.44. The largest absolute Gasteiger partial charge is 0.486 e. The van der Waals surface area contributed by atoms with E-state index in [9.17, 15) is 4.79 Å². The van der Waals surface area contributed by atoms with Gasteiger partial charge in [-0.1, -0.05) is 29.3 Å². The first-order valence-electron chi connectivity index (χ1n) is 6.75. The fraction of sp³-hybridized carbons (Fsp3) is 0.188. The van der Waals surface area contributed by atoms with E-state index in [1.165, 1.54) is 0 Å². The Kier molecular flexibility index (Phi) is 4.41. The van der Waals surface area contributed by atoms with Crippen LogP contribution in [0.3, 0.4) is 0 Å². The molecule has 22 heavy (non-hydrogen) atoms. The highest BCUT2D eigenvalue weighted by Crippen LogP contribution is 2.30. The predicted octanol–water partition coefficient (Wildman–Crippen LogP) is 3.69. The predicted molar refractivity (Wildman–Crippen MR) is 85.1 cm³/mol. The number of hydrogen-bond acceptors (Lipinski definition) is 3. The van der Waals surface area contributed by atoms with Crippen LogP contribution in [0, 0.1) is 0 Å². The maximum absolute atomic E-state index is 12.2. The molecule has 0 bridgehead atoms. The van der Waals surface area contributed by atoms with E-state index in [1.54, 1.807) is 30.3 Å².